The van der Waals surface area contributed by atoms with E-state index in [1.807, 2.05) is 36.4 Å². The van der Waals surface area contributed by atoms with Crippen LogP contribution in [0.1, 0.15) is 34.9 Å². The lowest BCUT2D eigenvalue weighted by molar-refractivity contribution is -0.384. The number of nitrogens with zero attached hydrogens (tertiary/aromatic N) is 3. The summed E-state index contributed by atoms with van der Waals surface area (Å²) in [5.74, 6) is 0.890. The Morgan fingerprint density at radius 1 is 1.07 bits per heavy atom. The van der Waals surface area contributed by atoms with E-state index in [1.165, 1.54) is 29.0 Å². The van der Waals surface area contributed by atoms with Crippen molar-refractivity contribution in [3.63, 3.8) is 0 Å². The largest absolute Gasteiger partial charge is 0.457 e. The van der Waals surface area contributed by atoms with Gasteiger partial charge in [-0.2, -0.15) is 0 Å². The Bertz CT molecular complexity index is 2090. The molecule has 0 spiro atoms. The minimum atomic E-state index is -0.531. The second-order valence-electron chi connectivity index (χ2n) is 9.79. The van der Waals surface area contributed by atoms with Crippen molar-refractivity contribution in [3.8, 4) is 11.3 Å². The molecule has 202 valence electrons. The molecule has 0 fully saturated rings. The molecule has 0 saturated carbocycles. The number of benzene rings is 3. The van der Waals surface area contributed by atoms with Crippen LogP contribution in [0, 0.1) is 10.1 Å². The summed E-state index contributed by atoms with van der Waals surface area (Å²) in [4.78, 5) is 30.4. The number of furan rings is 1. The van der Waals surface area contributed by atoms with Crippen LogP contribution in [0.15, 0.2) is 103 Å². The molecule has 3 heterocycles. The average molecular weight is 645 g/mol. The van der Waals surface area contributed by atoms with Gasteiger partial charge in [-0.05, 0) is 65.9 Å². The van der Waals surface area contributed by atoms with Crippen molar-refractivity contribution in [2.45, 2.75) is 18.9 Å². The van der Waals surface area contributed by atoms with E-state index in [1.54, 1.807) is 28.8 Å². The number of hydrogen-bond donors (Lipinski definition) is 0. The molecular weight excluding hydrogens is 626 g/mol. The average Bonchev–Trinajstić information content (AvgIpc) is 3.57. The van der Waals surface area contributed by atoms with Crippen LogP contribution in [0.2, 0.25) is 5.02 Å². The van der Waals surface area contributed by atoms with Crippen LogP contribution in [-0.4, -0.2) is 9.49 Å². The molecule has 3 aromatic carbocycles. The van der Waals surface area contributed by atoms with Gasteiger partial charge in [-0.25, -0.2) is 4.99 Å². The van der Waals surface area contributed by atoms with Crippen LogP contribution < -0.4 is 14.9 Å². The smallest absolute Gasteiger partial charge is 0.288 e. The molecule has 1 aliphatic heterocycles. The number of hydrogen-bond acceptors (Lipinski definition) is 6. The first-order chi connectivity index (χ1) is 19.9. The summed E-state index contributed by atoms with van der Waals surface area (Å²) >= 11 is 10.8. The molecule has 7 nitrogen and oxygen atoms in total. The third kappa shape index (κ3) is 4.50. The van der Waals surface area contributed by atoms with Gasteiger partial charge < -0.3 is 4.42 Å². The lowest BCUT2D eigenvalue weighted by Gasteiger charge is -2.30. The number of thiazole rings is 1. The lowest BCUT2D eigenvalue weighted by Crippen LogP contribution is -2.38. The molecule has 0 saturated heterocycles. The van der Waals surface area contributed by atoms with Gasteiger partial charge in [0.15, 0.2) is 4.80 Å². The Hall–Kier alpha value is -4.05. The number of allylic oxidation sites excluding steroid dienone is 1. The molecule has 0 radical (unpaired) electrons. The van der Waals surface area contributed by atoms with Crippen molar-refractivity contribution < 1.29 is 9.34 Å². The molecule has 2 aliphatic rings. The van der Waals surface area contributed by atoms with Gasteiger partial charge in [-0.3, -0.25) is 19.5 Å². The normalized spacial score (nSPS) is 16.1. The van der Waals surface area contributed by atoms with Crippen molar-refractivity contribution in [3.05, 3.63) is 146 Å². The number of nitro benzene ring substituents is 1. The summed E-state index contributed by atoms with van der Waals surface area (Å²) < 4.78 is 9.24. The maximum absolute atomic E-state index is 13.9. The Morgan fingerprint density at radius 3 is 2.68 bits per heavy atom. The fraction of sp³-hybridized carbons (Fsp3) is 0.0968. The molecule has 0 N–H and O–H groups in total. The van der Waals surface area contributed by atoms with Gasteiger partial charge in [0.05, 0.1) is 21.2 Å². The van der Waals surface area contributed by atoms with Gasteiger partial charge in [0, 0.05) is 27.7 Å². The molecule has 0 unspecified atom stereocenters. The molecule has 0 bridgehead atoms. The highest BCUT2D eigenvalue weighted by Gasteiger charge is 2.32. The van der Waals surface area contributed by atoms with Crippen molar-refractivity contribution in [1.82, 2.24) is 4.57 Å². The third-order valence-electron chi connectivity index (χ3n) is 7.39. The zero-order valence-electron chi connectivity index (χ0n) is 21.2. The SMILES string of the molecule is O=c1/c(=C\c2ccc(-c3ccc(Cl)c([N+](=O)[O-])c3)o2)sc2n1[C@H](c1ccc(Br)cc1)C1=C(N=2)c2ccccc2CC1. The fourth-order valence-electron chi connectivity index (χ4n) is 5.49. The third-order valence-corrected chi connectivity index (χ3v) is 9.22. The highest BCUT2D eigenvalue weighted by Crippen LogP contribution is 2.41. The van der Waals surface area contributed by atoms with E-state index in [0.717, 1.165) is 39.7 Å². The standard InChI is InChI=1S/C31H19BrClN3O4S/c32-20-9-5-18(6-10-20)29-23-12-7-17-3-1-2-4-22(17)28(23)34-31-35(29)30(37)27(41-31)16-21-11-14-26(40-21)19-8-13-24(33)25(15-19)36(38)39/h1-6,8-11,13-16,29H,7,12H2/b27-16+/t29-/m1/s1. The van der Waals surface area contributed by atoms with Gasteiger partial charge in [0.25, 0.3) is 11.2 Å². The van der Waals surface area contributed by atoms with Crippen molar-refractivity contribution in [2.24, 2.45) is 4.99 Å². The molecule has 7 rings (SSSR count). The highest BCUT2D eigenvalue weighted by atomic mass is 79.9. The monoisotopic (exact) mass is 643 g/mol. The molecule has 5 aromatic rings. The van der Waals surface area contributed by atoms with Crippen LogP contribution in [0.3, 0.4) is 0 Å². The lowest BCUT2D eigenvalue weighted by atomic mass is 9.83. The maximum Gasteiger partial charge on any atom is 0.288 e. The van der Waals surface area contributed by atoms with Gasteiger partial charge in [0.1, 0.15) is 16.5 Å². The van der Waals surface area contributed by atoms with Gasteiger partial charge in [-0.1, -0.05) is 75.3 Å². The highest BCUT2D eigenvalue weighted by molar-refractivity contribution is 9.10. The summed E-state index contributed by atoms with van der Waals surface area (Å²) in [5, 5.41) is 11.4. The number of aromatic nitrogens is 1. The van der Waals surface area contributed by atoms with Crippen LogP contribution in [0.5, 0.6) is 0 Å². The Balaban J connectivity index is 1.37. The van der Waals surface area contributed by atoms with Gasteiger partial charge in [0.2, 0.25) is 0 Å². The first kappa shape index (κ1) is 25.9. The molecule has 2 aromatic heterocycles. The number of fused-ring (bicyclic) bond motifs is 3. The number of aryl methyl sites for hydroxylation is 1. The Morgan fingerprint density at radius 2 is 1.88 bits per heavy atom. The van der Waals surface area contributed by atoms with Gasteiger partial charge >= 0.3 is 0 Å². The minimum absolute atomic E-state index is 0.0530. The molecule has 41 heavy (non-hydrogen) atoms. The second kappa shape index (κ2) is 10.1. The quantitative estimate of drug-likeness (QED) is 0.157. The Labute approximate surface area is 250 Å². The fourth-order valence-corrected chi connectivity index (χ4v) is 6.92. The summed E-state index contributed by atoms with van der Waals surface area (Å²) in [5.41, 5.74) is 5.64. The Kier molecular flexibility index (Phi) is 6.37. The van der Waals surface area contributed by atoms with Crippen molar-refractivity contribution >= 4 is 56.3 Å². The van der Waals surface area contributed by atoms with E-state index in [2.05, 4.69) is 28.1 Å². The van der Waals surface area contributed by atoms with E-state index >= 15 is 0 Å². The number of rotatable bonds is 4. The van der Waals surface area contributed by atoms with E-state index in [-0.39, 0.29) is 22.3 Å². The van der Waals surface area contributed by atoms with Crippen molar-refractivity contribution in [2.75, 3.05) is 0 Å². The zero-order valence-corrected chi connectivity index (χ0v) is 24.4. The first-order valence-corrected chi connectivity index (χ1v) is 14.8. The minimum Gasteiger partial charge on any atom is -0.457 e. The topological polar surface area (TPSA) is 90.6 Å². The predicted octanol–water partition coefficient (Wildman–Crippen LogP) is 6.90. The van der Waals surface area contributed by atoms with Crippen molar-refractivity contribution in [1.29, 1.82) is 0 Å². The zero-order chi connectivity index (χ0) is 28.2. The van der Waals surface area contributed by atoms with Crippen LogP contribution in [-0.2, 0) is 6.42 Å². The summed E-state index contributed by atoms with van der Waals surface area (Å²) in [6.07, 6.45) is 3.40. The number of halogens is 2. The molecule has 10 heteroatoms. The first-order valence-electron chi connectivity index (χ1n) is 12.8. The van der Waals surface area contributed by atoms with Crippen LogP contribution in [0.4, 0.5) is 5.69 Å². The molecule has 0 amide bonds. The summed E-state index contributed by atoms with van der Waals surface area (Å²) in [6, 6.07) is 24.1. The predicted molar refractivity (Wildman–Crippen MR) is 163 cm³/mol. The summed E-state index contributed by atoms with van der Waals surface area (Å²) in [7, 11) is 0. The van der Waals surface area contributed by atoms with Crippen LogP contribution in [0.25, 0.3) is 23.1 Å². The molecular formula is C31H19BrClN3O4S. The van der Waals surface area contributed by atoms with E-state index in [9.17, 15) is 14.9 Å². The van der Waals surface area contributed by atoms with E-state index in [4.69, 9.17) is 21.0 Å². The van der Waals surface area contributed by atoms with Crippen LogP contribution >= 0.6 is 38.9 Å². The molecule has 1 atom stereocenters. The van der Waals surface area contributed by atoms with E-state index in [0.29, 0.717) is 26.4 Å². The second-order valence-corrected chi connectivity index (χ2v) is 12.1. The maximum atomic E-state index is 13.9. The summed E-state index contributed by atoms with van der Waals surface area (Å²) in [6.45, 7) is 0. The molecule has 1 aliphatic carbocycles. The number of nitro groups is 1. The van der Waals surface area contributed by atoms with E-state index < -0.39 is 4.92 Å². The van der Waals surface area contributed by atoms with Gasteiger partial charge in [-0.15, -0.1) is 0 Å².